The molecule has 5 nitrogen and oxygen atoms in total. The zero-order valence-electron chi connectivity index (χ0n) is 11.7. The third-order valence-corrected chi connectivity index (χ3v) is 2.98. The van der Waals surface area contributed by atoms with Crippen LogP contribution in [0, 0.1) is 6.92 Å². The van der Waals surface area contributed by atoms with E-state index in [1.165, 1.54) is 6.92 Å². The van der Waals surface area contributed by atoms with Crippen molar-refractivity contribution in [2.24, 2.45) is 5.73 Å². The van der Waals surface area contributed by atoms with Gasteiger partial charge in [-0.05, 0) is 30.7 Å². The Bertz CT molecular complexity index is 701. The Morgan fingerprint density at radius 2 is 2.05 bits per heavy atom. The number of rotatable bonds is 4. The average Bonchev–Trinajstić information content (AvgIpc) is 2.40. The number of anilines is 1. The number of aryl methyl sites for hydroxylation is 1. The SMILES string of the molecule is CC(=O)Nc1ccccc1Oc1nccc(C)c1C(N)=S. The summed E-state index contributed by atoms with van der Waals surface area (Å²) in [5.74, 6) is 0.612. The molecular weight excluding hydrogens is 286 g/mol. The Kier molecular flexibility index (Phi) is 4.49. The standard InChI is InChI=1S/C15H15N3O2S/c1-9-7-8-17-15(13(9)14(16)21)20-12-6-4-3-5-11(12)18-10(2)19/h3-8H,1-2H3,(H2,16,21)(H,18,19). The van der Waals surface area contributed by atoms with E-state index in [0.29, 0.717) is 22.9 Å². The van der Waals surface area contributed by atoms with Crippen molar-refractivity contribution in [2.75, 3.05) is 5.32 Å². The molecule has 0 spiro atoms. The average molecular weight is 301 g/mol. The van der Waals surface area contributed by atoms with Gasteiger partial charge < -0.3 is 15.8 Å². The molecule has 0 saturated heterocycles. The lowest BCUT2D eigenvalue weighted by atomic mass is 10.1. The molecule has 0 bridgehead atoms. The molecule has 6 heteroatoms. The first kappa shape index (κ1) is 14.9. The summed E-state index contributed by atoms with van der Waals surface area (Å²) >= 11 is 5.04. The minimum absolute atomic E-state index is 0.183. The van der Waals surface area contributed by atoms with Gasteiger partial charge >= 0.3 is 0 Å². The summed E-state index contributed by atoms with van der Waals surface area (Å²) in [5.41, 5.74) is 7.75. The smallest absolute Gasteiger partial charge is 0.229 e. The Balaban J connectivity index is 2.42. The van der Waals surface area contributed by atoms with Crippen molar-refractivity contribution in [1.82, 2.24) is 4.98 Å². The molecule has 2 rings (SSSR count). The van der Waals surface area contributed by atoms with Crippen molar-refractivity contribution in [2.45, 2.75) is 13.8 Å². The van der Waals surface area contributed by atoms with Crippen LogP contribution in [0.5, 0.6) is 11.6 Å². The van der Waals surface area contributed by atoms with Crippen LogP contribution in [0.2, 0.25) is 0 Å². The first-order chi connectivity index (χ1) is 9.99. The number of ether oxygens (including phenoxy) is 1. The van der Waals surface area contributed by atoms with Crippen molar-refractivity contribution in [3.63, 3.8) is 0 Å². The lowest BCUT2D eigenvalue weighted by Crippen LogP contribution is -2.14. The van der Waals surface area contributed by atoms with E-state index in [9.17, 15) is 4.79 Å². The second kappa shape index (κ2) is 6.32. The molecule has 2 aromatic rings. The van der Waals surface area contributed by atoms with Crippen LogP contribution in [0.1, 0.15) is 18.1 Å². The number of carbonyl (C=O) groups is 1. The molecule has 1 amide bonds. The molecule has 0 atom stereocenters. The Morgan fingerprint density at radius 3 is 2.71 bits per heavy atom. The van der Waals surface area contributed by atoms with Crippen LogP contribution in [-0.4, -0.2) is 15.9 Å². The van der Waals surface area contributed by atoms with Gasteiger partial charge in [0.25, 0.3) is 0 Å². The second-order valence-corrected chi connectivity index (χ2v) is 4.89. The van der Waals surface area contributed by atoms with Crippen molar-refractivity contribution < 1.29 is 9.53 Å². The van der Waals surface area contributed by atoms with Crippen LogP contribution in [0.3, 0.4) is 0 Å². The Labute approximate surface area is 128 Å². The molecule has 1 heterocycles. The fourth-order valence-corrected chi connectivity index (χ4v) is 2.11. The summed E-state index contributed by atoms with van der Waals surface area (Å²) in [6, 6.07) is 8.89. The zero-order valence-corrected chi connectivity index (χ0v) is 12.5. The highest BCUT2D eigenvalue weighted by molar-refractivity contribution is 7.80. The fourth-order valence-electron chi connectivity index (χ4n) is 1.86. The van der Waals surface area contributed by atoms with Gasteiger partial charge in [-0.1, -0.05) is 24.4 Å². The molecule has 0 saturated carbocycles. The zero-order chi connectivity index (χ0) is 15.4. The lowest BCUT2D eigenvalue weighted by Gasteiger charge is -2.14. The normalized spacial score (nSPS) is 10.0. The van der Waals surface area contributed by atoms with Crippen LogP contribution < -0.4 is 15.8 Å². The molecule has 108 valence electrons. The molecule has 0 radical (unpaired) electrons. The number of thiocarbonyl (C=S) groups is 1. The molecular formula is C15H15N3O2S. The summed E-state index contributed by atoms with van der Waals surface area (Å²) in [4.78, 5) is 15.6. The maximum Gasteiger partial charge on any atom is 0.229 e. The summed E-state index contributed by atoms with van der Waals surface area (Å²) < 4.78 is 5.79. The van der Waals surface area contributed by atoms with Gasteiger partial charge in [-0.3, -0.25) is 4.79 Å². The first-order valence-corrected chi connectivity index (χ1v) is 6.69. The number of hydrogen-bond donors (Lipinski definition) is 2. The lowest BCUT2D eigenvalue weighted by molar-refractivity contribution is -0.114. The van der Waals surface area contributed by atoms with Gasteiger partial charge in [0.05, 0.1) is 11.3 Å². The fraction of sp³-hybridized carbons (Fsp3) is 0.133. The van der Waals surface area contributed by atoms with Crippen LogP contribution in [0.25, 0.3) is 0 Å². The molecule has 1 aromatic heterocycles. The van der Waals surface area contributed by atoms with Gasteiger partial charge in [0.2, 0.25) is 11.8 Å². The summed E-state index contributed by atoms with van der Waals surface area (Å²) in [7, 11) is 0. The maximum absolute atomic E-state index is 11.2. The van der Waals surface area contributed by atoms with E-state index >= 15 is 0 Å². The highest BCUT2D eigenvalue weighted by atomic mass is 32.1. The number of amides is 1. The summed E-state index contributed by atoms with van der Waals surface area (Å²) in [6.07, 6.45) is 1.62. The van der Waals surface area contributed by atoms with Gasteiger partial charge in [0.1, 0.15) is 4.99 Å². The second-order valence-electron chi connectivity index (χ2n) is 4.45. The van der Waals surface area contributed by atoms with E-state index in [1.807, 2.05) is 6.92 Å². The number of nitrogens with zero attached hydrogens (tertiary/aromatic N) is 1. The van der Waals surface area contributed by atoms with Crippen LogP contribution in [0.15, 0.2) is 36.5 Å². The van der Waals surface area contributed by atoms with E-state index in [1.54, 1.807) is 36.5 Å². The van der Waals surface area contributed by atoms with Crippen molar-refractivity contribution in [3.05, 3.63) is 47.7 Å². The molecule has 0 aliphatic carbocycles. The van der Waals surface area contributed by atoms with E-state index < -0.39 is 0 Å². The van der Waals surface area contributed by atoms with E-state index in [0.717, 1.165) is 5.56 Å². The topological polar surface area (TPSA) is 77.2 Å². The van der Waals surface area contributed by atoms with Crippen LogP contribution in [-0.2, 0) is 4.79 Å². The van der Waals surface area contributed by atoms with Gasteiger partial charge in [-0.2, -0.15) is 0 Å². The highest BCUT2D eigenvalue weighted by Crippen LogP contribution is 2.30. The minimum Gasteiger partial charge on any atom is -0.436 e. The number of hydrogen-bond acceptors (Lipinski definition) is 4. The largest absolute Gasteiger partial charge is 0.436 e. The predicted molar refractivity (Wildman–Crippen MR) is 85.7 cm³/mol. The van der Waals surface area contributed by atoms with E-state index in [4.69, 9.17) is 22.7 Å². The van der Waals surface area contributed by atoms with Crippen molar-refractivity contribution in [1.29, 1.82) is 0 Å². The molecule has 0 fully saturated rings. The number of nitrogens with two attached hydrogens (primary N) is 1. The highest BCUT2D eigenvalue weighted by Gasteiger charge is 2.14. The molecule has 0 unspecified atom stereocenters. The number of pyridine rings is 1. The number of benzene rings is 1. The number of carbonyl (C=O) groups excluding carboxylic acids is 1. The van der Waals surface area contributed by atoms with Gasteiger partial charge in [-0.25, -0.2) is 4.98 Å². The minimum atomic E-state index is -0.183. The monoisotopic (exact) mass is 301 g/mol. The quantitative estimate of drug-likeness (QED) is 0.849. The third-order valence-electron chi connectivity index (χ3n) is 2.78. The van der Waals surface area contributed by atoms with Crippen molar-refractivity contribution >= 4 is 28.8 Å². The van der Waals surface area contributed by atoms with Crippen LogP contribution in [0.4, 0.5) is 5.69 Å². The Morgan fingerprint density at radius 1 is 1.33 bits per heavy atom. The van der Waals surface area contributed by atoms with Crippen molar-refractivity contribution in [3.8, 4) is 11.6 Å². The molecule has 1 aromatic carbocycles. The number of para-hydroxylation sites is 2. The Hall–Kier alpha value is -2.47. The van der Waals surface area contributed by atoms with E-state index in [2.05, 4.69) is 10.3 Å². The third kappa shape index (κ3) is 3.55. The molecule has 3 N–H and O–H groups in total. The molecule has 0 aliphatic heterocycles. The molecule has 21 heavy (non-hydrogen) atoms. The molecule has 0 aliphatic rings. The van der Waals surface area contributed by atoms with Gasteiger partial charge in [-0.15, -0.1) is 0 Å². The summed E-state index contributed by atoms with van der Waals surface area (Å²) in [5, 5.41) is 2.70. The number of nitrogens with one attached hydrogen (secondary N) is 1. The van der Waals surface area contributed by atoms with Gasteiger partial charge in [0, 0.05) is 13.1 Å². The number of aromatic nitrogens is 1. The van der Waals surface area contributed by atoms with Crippen LogP contribution >= 0.6 is 12.2 Å². The predicted octanol–water partition coefficient (Wildman–Crippen LogP) is 2.77. The first-order valence-electron chi connectivity index (χ1n) is 6.29. The maximum atomic E-state index is 11.2. The summed E-state index contributed by atoms with van der Waals surface area (Å²) in [6.45, 7) is 3.31. The van der Waals surface area contributed by atoms with E-state index in [-0.39, 0.29) is 10.9 Å². The van der Waals surface area contributed by atoms with Gasteiger partial charge in [0.15, 0.2) is 5.75 Å².